The number of aromatic nitrogens is 1. The van der Waals surface area contributed by atoms with E-state index in [0.717, 1.165) is 38.2 Å². The number of rotatable bonds is 4. The highest BCUT2D eigenvalue weighted by molar-refractivity contribution is 5.88. The molecule has 2 aromatic rings. The van der Waals surface area contributed by atoms with Crippen molar-refractivity contribution < 1.29 is 22.7 Å². The number of pyridine rings is 1. The minimum atomic E-state index is -4.78. The maximum atomic E-state index is 13.1. The number of likely N-dealkylation sites (tertiary alicyclic amines) is 1. The SMILES string of the molecule is C[C@@H]1C[C@@H](c2ccc(OC(F)(F)F)c3ncccc23)CN(C(=O)CN2CCN(C)CC2)C1. The first-order valence-corrected chi connectivity index (χ1v) is 11.0. The molecule has 32 heavy (non-hydrogen) atoms. The maximum Gasteiger partial charge on any atom is 0.573 e. The number of hydrogen-bond acceptors (Lipinski definition) is 5. The average Bonchev–Trinajstić information content (AvgIpc) is 2.74. The largest absolute Gasteiger partial charge is 0.573 e. The third kappa shape index (κ3) is 5.32. The van der Waals surface area contributed by atoms with Crippen LogP contribution in [-0.2, 0) is 4.79 Å². The molecular formula is C23H29F3N4O2. The predicted octanol–water partition coefficient (Wildman–Crippen LogP) is 3.33. The first-order valence-electron chi connectivity index (χ1n) is 11.0. The molecule has 0 N–H and O–H groups in total. The molecule has 2 atom stereocenters. The Morgan fingerprint density at radius 1 is 1.16 bits per heavy atom. The third-order valence-electron chi connectivity index (χ3n) is 6.40. The minimum absolute atomic E-state index is 0.0295. The fourth-order valence-corrected chi connectivity index (χ4v) is 4.81. The molecule has 2 aliphatic heterocycles. The van der Waals surface area contributed by atoms with Gasteiger partial charge >= 0.3 is 6.36 Å². The summed E-state index contributed by atoms with van der Waals surface area (Å²) in [6.07, 6.45) is -2.45. The Bertz CT molecular complexity index is 960. The van der Waals surface area contributed by atoms with E-state index in [0.29, 0.717) is 30.9 Å². The van der Waals surface area contributed by atoms with Crippen LogP contribution in [0, 0.1) is 5.92 Å². The highest BCUT2D eigenvalue weighted by atomic mass is 19.4. The molecule has 2 saturated heterocycles. The Morgan fingerprint density at radius 3 is 2.62 bits per heavy atom. The Hall–Kier alpha value is -2.39. The summed E-state index contributed by atoms with van der Waals surface area (Å²) in [5, 5.41) is 0.639. The van der Waals surface area contributed by atoms with E-state index in [4.69, 9.17) is 0 Å². The second kappa shape index (κ2) is 9.23. The van der Waals surface area contributed by atoms with Gasteiger partial charge in [-0.3, -0.25) is 14.7 Å². The molecule has 0 saturated carbocycles. The number of piperidine rings is 1. The topological polar surface area (TPSA) is 48.9 Å². The Labute approximate surface area is 185 Å². The standard InChI is InChI=1S/C23H29F3N4O2/c1-16-12-17(14-30(13-16)21(31)15-29-10-8-28(2)9-11-29)18-5-6-20(32-23(24,25)26)22-19(18)4-3-7-27-22/h3-7,16-17H,8-15H2,1-2H3/t16-,17-/m1/s1. The highest BCUT2D eigenvalue weighted by Gasteiger charge is 2.34. The molecule has 1 amide bonds. The van der Waals surface area contributed by atoms with E-state index in [1.165, 1.54) is 12.3 Å². The van der Waals surface area contributed by atoms with Crippen LogP contribution in [0.1, 0.15) is 24.8 Å². The van der Waals surface area contributed by atoms with E-state index in [-0.39, 0.29) is 23.1 Å². The first kappa shape index (κ1) is 22.8. The van der Waals surface area contributed by atoms with Crippen LogP contribution in [0.3, 0.4) is 0 Å². The summed E-state index contributed by atoms with van der Waals surface area (Å²) in [4.78, 5) is 23.6. The molecule has 6 nitrogen and oxygen atoms in total. The number of nitrogens with zero attached hydrogens (tertiary/aromatic N) is 4. The van der Waals surface area contributed by atoms with E-state index in [1.807, 2.05) is 4.90 Å². The molecule has 3 heterocycles. The smallest absolute Gasteiger partial charge is 0.403 e. The Balaban J connectivity index is 1.54. The molecule has 2 fully saturated rings. The predicted molar refractivity (Wildman–Crippen MR) is 115 cm³/mol. The van der Waals surface area contributed by atoms with Gasteiger partial charge in [0.05, 0.1) is 6.54 Å². The zero-order valence-corrected chi connectivity index (χ0v) is 18.4. The van der Waals surface area contributed by atoms with Crippen molar-refractivity contribution in [3.63, 3.8) is 0 Å². The van der Waals surface area contributed by atoms with Gasteiger partial charge in [-0.05, 0) is 37.1 Å². The summed E-state index contributed by atoms with van der Waals surface area (Å²) in [6.45, 7) is 7.46. The van der Waals surface area contributed by atoms with Crippen molar-refractivity contribution in [3.8, 4) is 5.75 Å². The van der Waals surface area contributed by atoms with Crippen LogP contribution in [0.4, 0.5) is 13.2 Å². The van der Waals surface area contributed by atoms with E-state index < -0.39 is 6.36 Å². The van der Waals surface area contributed by atoms with E-state index >= 15 is 0 Å². The van der Waals surface area contributed by atoms with Crippen LogP contribution in [0.25, 0.3) is 10.9 Å². The molecular weight excluding hydrogens is 421 g/mol. The molecule has 1 aromatic heterocycles. The van der Waals surface area contributed by atoms with Gasteiger partial charge in [-0.1, -0.05) is 19.1 Å². The summed E-state index contributed by atoms with van der Waals surface area (Å²) in [5.41, 5.74) is 1.10. The number of amides is 1. The van der Waals surface area contributed by atoms with Crippen molar-refractivity contribution >= 4 is 16.8 Å². The lowest BCUT2D eigenvalue weighted by Gasteiger charge is -2.39. The summed E-state index contributed by atoms with van der Waals surface area (Å²) < 4.78 is 42.7. The Morgan fingerprint density at radius 2 is 1.91 bits per heavy atom. The summed E-state index contributed by atoms with van der Waals surface area (Å²) >= 11 is 0. The van der Waals surface area contributed by atoms with Gasteiger partial charge in [-0.2, -0.15) is 0 Å². The molecule has 0 radical (unpaired) electrons. The minimum Gasteiger partial charge on any atom is -0.403 e. The number of ether oxygens (including phenoxy) is 1. The van der Waals surface area contributed by atoms with Crippen LogP contribution in [0.15, 0.2) is 30.5 Å². The van der Waals surface area contributed by atoms with Crippen LogP contribution in [0.5, 0.6) is 5.75 Å². The van der Waals surface area contributed by atoms with Gasteiger partial charge in [-0.25, -0.2) is 0 Å². The molecule has 0 aliphatic carbocycles. The Kier molecular flexibility index (Phi) is 6.57. The lowest BCUT2D eigenvalue weighted by atomic mass is 9.83. The lowest BCUT2D eigenvalue weighted by molar-refractivity contribution is -0.274. The molecule has 2 aliphatic rings. The number of hydrogen-bond donors (Lipinski definition) is 0. The fourth-order valence-electron chi connectivity index (χ4n) is 4.81. The van der Waals surface area contributed by atoms with Crippen molar-refractivity contribution in [2.45, 2.75) is 25.6 Å². The molecule has 0 spiro atoms. The average molecular weight is 451 g/mol. The van der Waals surface area contributed by atoms with Crippen LogP contribution in [-0.4, -0.2) is 84.8 Å². The number of fused-ring (bicyclic) bond motifs is 1. The van der Waals surface area contributed by atoms with Gasteiger partial charge in [0, 0.05) is 56.8 Å². The van der Waals surface area contributed by atoms with Crippen molar-refractivity contribution in [3.05, 3.63) is 36.0 Å². The van der Waals surface area contributed by atoms with Gasteiger partial charge in [-0.15, -0.1) is 13.2 Å². The second-order valence-electron chi connectivity index (χ2n) is 9.02. The maximum absolute atomic E-state index is 13.1. The summed E-state index contributed by atoms with van der Waals surface area (Å²) in [5.74, 6) is 0.138. The highest BCUT2D eigenvalue weighted by Crippen LogP contribution is 2.38. The third-order valence-corrected chi connectivity index (χ3v) is 6.40. The number of carbonyl (C=O) groups excluding carboxylic acids is 1. The zero-order chi connectivity index (χ0) is 22.9. The molecule has 0 unspecified atom stereocenters. The normalized spacial score (nSPS) is 23.5. The fraction of sp³-hybridized carbons (Fsp3) is 0.565. The number of carbonyl (C=O) groups is 1. The van der Waals surface area contributed by atoms with Crippen molar-refractivity contribution in [1.82, 2.24) is 19.7 Å². The number of alkyl halides is 3. The van der Waals surface area contributed by atoms with Crippen molar-refractivity contribution in [2.75, 3.05) is 52.9 Å². The summed E-state index contributed by atoms with van der Waals surface area (Å²) in [7, 11) is 2.08. The van der Waals surface area contributed by atoms with E-state index in [9.17, 15) is 18.0 Å². The number of benzene rings is 1. The van der Waals surface area contributed by atoms with Gasteiger partial charge in [0.25, 0.3) is 0 Å². The van der Waals surface area contributed by atoms with E-state index in [1.54, 1.807) is 18.2 Å². The van der Waals surface area contributed by atoms with Gasteiger partial charge in [0.2, 0.25) is 5.91 Å². The van der Waals surface area contributed by atoms with Crippen LogP contribution in [0.2, 0.25) is 0 Å². The number of likely N-dealkylation sites (N-methyl/N-ethyl adjacent to an activating group) is 1. The van der Waals surface area contributed by atoms with Gasteiger partial charge in [0.15, 0.2) is 5.75 Å². The van der Waals surface area contributed by atoms with Crippen molar-refractivity contribution in [1.29, 1.82) is 0 Å². The quantitative estimate of drug-likeness (QED) is 0.715. The van der Waals surface area contributed by atoms with Crippen LogP contribution < -0.4 is 4.74 Å². The second-order valence-corrected chi connectivity index (χ2v) is 9.02. The number of piperazine rings is 1. The van der Waals surface area contributed by atoms with Crippen LogP contribution >= 0.6 is 0 Å². The molecule has 174 valence electrons. The zero-order valence-electron chi connectivity index (χ0n) is 18.4. The first-order chi connectivity index (χ1) is 15.2. The van der Waals surface area contributed by atoms with Gasteiger partial charge in [0.1, 0.15) is 5.52 Å². The molecule has 4 rings (SSSR count). The monoisotopic (exact) mass is 450 g/mol. The molecule has 1 aromatic carbocycles. The lowest BCUT2D eigenvalue weighted by Crippen LogP contribution is -2.51. The van der Waals surface area contributed by atoms with Gasteiger partial charge < -0.3 is 14.5 Å². The summed E-state index contributed by atoms with van der Waals surface area (Å²) in [6, 6.07) is 6.52. The van der Waals surface area contributed by atoms with E-state index in [2.05, 4.69) is 33.5 Å². The van der Waals surface area contributed by atoms with Crippen molar-refractivity contribution in [2.24, 2.45) is 5.92 Å². The molecule has 0 bridgehead atoms. The molecule has 9 heteroatoms. The number of halogens is 3.